The Hall–Kier alpha value is -0.120. The highest BCUT2D eigenvalue weighted by atomic mass is 15.0. The maximum Gasteiger partial charge on any atom is 0.0411 e. The lowest BCUT2D eigenvalue weighted by Crippen LogP contribution is -2.44. The van der Waals surface area contributed by atoms with Crippen LogP contribution in [0.4, 0.5) is 0 Å². The molecule has 1 saturated heterocycles. The molecule has 0 bridgehead atoms. The summed E-state index contributed by atoms with van der Waals surface area (Å²) in [6, 6.07) is 0.291. The van der Waals surface area contributed by atoms with Crippen molar-refractivity contribution < 1.29 is 0 Å². The lowest BCUT2D eigenvalue weighted by molar-refractivity contribution is 0.349. The van der Waals surface area contributed by atoms with Gasteiger partial charge in [0.15, 0.2) is 0 Å². The Morgan fingerprint density at radius 2 is 2.20 bits per heavy atom. The van der Waals surface area contributed by atoms with Crippen LogP contribution in [-0.4, -0.2) is 25.7 Å². The quantitative estimate of drug-likeness (QED) is 0.523. The van der Waals surface area contributed by atoms with Crippen LogP contribution in [0.3, 0.4) is 0 Å². The minimum absolute atomic E-state index is 0.291. The molecule has 0 aromatic carbocycles. The fourth-order valence-corrected chi connectivity index (χ4v) is 1.32. The molecule has 0 aromatic rings. The third-order valence-electron chi connectivity index (χ3n) is 1.97. The van der Waals surface area contributed by atoms with Crippen molar-refractivity contribution in [3.63, 3.8) is 0 Å². The Kier molecular flexibility index (Phi) is 3.12. The largest absolute Gasteiger partial charge is 0.330 e. The van der Waals surface area contributed by atoms with Crippen molar-refractivity contribution in [1.82, 2.24) is 5.32 Å². The van der Waals surface area contributed by atoms with Gasteiger partial charge in [0, 0.05) is 19.1 Å². The molecular formula is C7H15N3. The van der Waals surface area contributed by atoms with E-state index in [0.717, 1.165) is 13.0 Å². The van der Waals surface area contributed by atoms with E-state index in [1.807, 2.05) is 0 Å². The summed E-state index contributed by atoms with van der Waals surface area (Å²) < 4.78 is 0. The van der Waals surface area contributed by atoms with E-state index in [-0.39, 0.29) is 0 Å². The average molecular weight is 141 g/mol. The lowest BCUT2D eigenvalue weighted by Gasteiger charge is -2.28. The molecule has 2 radical (unpaired) electrons. The molecule has 4 N–H and O–H groups in total. The fraction of sp³-hybridized carbons (Fsp3) is 0.857. The summed E-state index contributed by atoms with van der Waals surface area (Å²) in [6.07, 6.45) is 3.31. The molecule has 10 heavy (non-hydrogen) atoms. The lowest BCUT2D eigenvalue weighted by atomic mass is 9.91. The highest BCUT2D eigenvalue weighted by molar-refractivity contribution is 4.92. The Balaban J connectivity index is 2.34. The molecule has 0 spiro atoms. The number of piperidine rings is 1. The van der Waals surface area contributed by atoms with Crippen LogP contribution in [-0.2, 0) is 0 Å². The van der Waals surface area contributed by atoms with Crippen LogP contribution in [0.15, 0.2) is 0 Å². The maximum absolute atomic E-state index is 5.52. The number of nitrogens with two attached hydrogens (primary N) is 2. The van der Waals surface area contributed by atoms with E-state index >= 15 is 0 Å². The molecular weight excluding hydrogens is 126 g/mol. The minimum Gasteiger partial charge on any atom is -0.330 e. The summed E-state index contributed by atoms with van der Waals surface area (Å²) in [5, 5.41) is 4.36. The third-order valence-corrected chi connectivity index (χ3v) is 1.97. The van der Waals surface area contributed by atoms with E-state index < -0.39 is 0 Å². The van der Waals surface area contributed by atoms with Crippen molar-refractivity contribution in [3.8, 4) is 0 Å². The monoisotopic (exact) mass is 141 g/mol. The van der Waals surface area contributed by atoms with E-state index in [2.05, 4.69) is 11.7 Å². The molecule has 0 aromatic heterocycles. The number of hydrogen-bond donors (Lipinski definition) is 2. The molecule has 3 nitrogen and oxygen atoms in total. The van der Waals surface area contributed by atoms with Crippen molar-refractivity contribution in [1.29, 1.82) is 0 Å². The molecule has 0 aliphatic carbocycles. The van der Waals surface area contributed by atoms with Gasteiger partial charge in [-0.2, -0.15) is 0 Å². The Morgan fingerprint density at radius 1 is 1.40 bits per heavy atom. The molecule has 1 fully saturated rings. The predicted molar refractivity (Wildman–Crippen MR) is 41.3 cm³/mol. The van der Waals surface area contributed by atoms with Crippen LogP contribution in [0.2, 0.25) is 0 Å². The van der Waals surface area contributed by atoms with Gasteiger partial charge in [0.05, 0.1) is 0 Å². The van der Waals surface area contributed by atoms with Crippen molar-refractivity contribution in [2.75, 3.05) is 19.6 Å². The van der Waals surface area contributed by atoms with Gasteiger partial charge < -0.3 is 11.5 Å². The molecule has 1 aliphatic heterocycles. The van der Waals surface area contributed by atoms with E-state index in [1.54, 1.807) is 0 Å². The van der Waals surface area contributed by atoms with Crippen LogP contribution >= 0.6 is 0 Å². The van der Waals surface area contributed by atoms with Crippen molar-refractivity contribution in [2.45, 2.75) is 12.5 Å². The molecule has 3 heteroatoms. The molecule has 2 atom stereocenters. The molecule has 1 aliphatic rings. The van der Waals surface area contributed by atoms with Crippen LogP contribution in [0, 0.1) is 12.3 Å². The molecule has 0 saturated carbocycles. The summed E-state index contributed by atoms with van der Waals surface area (Å²) in [6.45, 7) is 2.25. The number of rotatable bonds is 2. The number of nitrogens with zero attached hydrogens (tertiary/aromatic N) is 1. The Bertz CT molecular complexity index is 82.9. The second-order valence-electron chi connectivity index (χ2n) is 2.63. The highest BCUT2D eigenvalue weighted by Crippen LogP contribution is 2.13. The first-order chi connectivity index (χ1) is 4.88. The molecule has 2 unspecified atom stereocenters. The first-order valence-corrected chi connectivity index (χ1v) is 3.78. The van der Waals surface area contributed by atoms with Crippen LogP contribution in [0.5, 0.6) is 0 Å². The highest BCUT2D eigenvalue weighted by Gasteiger charge is 2.22. The van der Waals surface area contributed by atoms with E-state index in [9.17, 15) is 0 Å². The second-order valence-corrected chi connectivity index (χ2v) is 2.63. The normalized spacial score (nSPS) is 34.2. The summed E-state index contributed by atoms with van der Waals surface area (Å²) in [4.78, 5) is 0. The standard InChI is InChI=1S/C7H15N3/c8-4-6-2-1-3-10-7(6)5-9/h2,6-7H,1,3-5,8-9H2. The zero-order valence-electron chi connectivity index (χ0n) is 6.16. The van der Waals surface area contributed by atoms with Gasteiger partial charge in [0.25, 0.3) is 0 Å². The van der Waals surface area contributed by atoms with Gasteiger partial charge in [-0.15, -0.1) is 0 Å². The summed E-state index contributed by atoms with van der Waals surface area (Å²) in [5.41, 5.74) is 11.0. The third kappa shape index (κ3) is 1.68. The van der Waals surface area contributed by atoms with Crippen LogP contribution in [0.1, 0.15) is 6.42 Å². The second kappa shape index (κ2) is 3.91. The van der Waals surface area contributed by atoms with Crippen molar-refractivity contribution in [2.24, 2.45) is 17.4 Å². The van der Waals surface area contributed by atoms with Gasteiger partial charge in [0.1, 0.15) is 0 Å². The van der Waals surface area contributed by atoms with E-state index in [1.165, 1.54) is 0 Å². The Labute approximate surface area is 62.2 Å². The van der Waals surface area contributed by atoms with Gasteiger partial charge in [-0.25, -0.2) is 5.32 Å². The van der Waals surface area contributed by atoms with Gasteiger partial charge in [-0.3, -0.25) is 0 Å². The molecule has 1 heterocycles. The predicted octanol–water partition coefficient (Wildman–Crippen LogP) is -0.899. The summed E-state index contributed by atoms with van der Waals surface area (Å²) in [5.74, 6) is 0.429. The van der Waals surface area contributed by atoms with Gasteiger partial charge in [-0.1, -0.05) is 0 Å². The van der Waals surface area contributed by atoms with Crippen LogP contribution < -0.4 is 16.8 Å². The SMILES string of the molecule is NCC1[CH]CC[N]C1CN. The maximum atomic E-state index is 5.52. The summed E-state index contributed by atoms with van der Waals surface area (Å²) in [7, 11) is 0. The molecule has 58 valence electrons. The first-order valence-electron chi connectivity index (χ1n) is 3.78. The minimum atomic E-state index is 0.291. The van der Waals surface area contributed by atoms with Crippen molar-refractivity contribution in [3.05, 3.63) is 6.42 Å². The Morgan fingerprint density at radius 3 is 2.70 bits per heavy atom. The molecule has 1 rings (SSSR count). The topological polar surface area (TPSA) is 66.1 Å². The fourth-order valence-electron chi connectivity index (χ4n) is 1.32. The zero-order chi connectivity index (χ0) is 7.40. The van der Waals surface area contributed by atoms with E-state index in [4.69, 9.17) is 11.5 Å². The summed E-state index contributed by atoms with van der Waals surface area (Å²) >= 11 is 0. The average Bonchev–Trinajstić information content (AvgIpc) is 2.04. The first kappa shape index (κ1) is 7.98. The zero-order valence-corrected chi connectivity index (χ0v) is 6.16. The van der Waals surface area contributed by atoms with Gasteiger partial charge in [-0.05, 0) is 25.3 Å². The molecule has 0 amide bonds. The van der Waals surface area contributed by atoms with Gasteiger partial charge in [0.2, 0.25) is 0 Å². The van der Waals surface area contributed by atoms with Crippen molar-refractivity contribution >= 4 is 0 Å². The smallest absolute Gasteiger partial charge is 0.0411 e. The van der Waals surface area contributed by atoms with Crippen LogP contribution in [0.25, 0.3) is 0 Å². The van der Waals surface area contributed by atoms with Gasteiger partial charge >= 0.3 is 0 Å². The van der Waals surface area contributed by atoms with E-state index in [0.29, 0.717) is 25.0 Å². The number of hydrogen-bond acceptors (Lipinski definition) is 2.